The summed E-state index contributed by atoms with van der Waals surface area (Å²) in [4.78, 5) is 22.9. The van der Waals surface area contributed by atoms with Gasteiger partial charge in [0, 0.05) is 49.3 Å². The molecule has 2 aromatic rings. The molecule has 3 atom stereocenters. The maximum absolute atomic E-state index is 14.9. The van der Waals surface area contributed by atoms with Crippen molar-refractivity contribution >= 4 is 17.5 Å². The Balaban J connectivity index is 1.41. The van der Waals surface area contributed by atoms with Crippen molar-refractivity contribution < 1.29 is 18.3 Å². The number of fused-ring (bicyclic) bond motifs is 2. The summed E-state index contributed by atoms with van der Waals surface area (Å²) in [7, 11) is 0. The van der Waals surface area contributed by atoms with Gasteiger partial charge in [-0.25, -0.2) is 8.78 Å². The van der Waals surface area contributed by atoms with Gasteiger partial charge in [0.1, 0.15) is 23.3 Å². The van der Waals surface area contributed by atoms with Crippen LogP contribution in [0, 0.1) is 41.2 Å². The van der Waals surface area contributed by atoms with Gasteiger partial charge in [-0.15, -0.1) is 0 Å². The summed E-state index contributed by atoms with van der Waals surface area (Å²) < 4.78 is 35.3. The molecule has 0 N–H and O–H groups in total. The highest BCUT2D eigenvalue weighted by atomic mass is 35.5. The fraction of sp³-hybridized carbons (Fsp3) is 0.581. The lowest BCUT2D eigenvalue weighted by molar-refractivity contribution is -0.153. The second-order valence-electron chi connectivity index (χ2n) is 13.1. The maximum atomic E-state index is 14.9. The van der Waals surface area contributed by atoms with Crippen LogP contribution >= 0.6 is 11.6 Å². The van der Waals surface area contributed by atoms with Gasteiger partial charge in [-0.1, -0.05) is 17.7 Å². The highest BCUT2D eigenvalue weighted by Crippen LogP contribution is 2.54. The minimum Gasteiger partial charge on any atom is -0.359 e. The summed E-state index contributed by atoms with van der Waals surface area (Å²) in [5, 5.41) is 10.4. The van der Waals surface area contributed by atoms with E-state index in [1.807, 2.05) is 31.7 Å². The van der Waals surface area contributed by atoms with Crippen LogP contribution in [-0.4, -0.2) is 52.4 Å². The lowest BCUT2D eigenvalue weighted by Crippen LogP contribution is -2.49. The minimum atomic E-state index is -0.793. The number of benzene rings is 1. The molecule has 3 unspecified atom stereocenters. The van der Waals surface area contributed by atoms with Crippen LogP contribution in [-0.2, 0) is 15.1 Å². The Labute approximate surface area is 240 Å². The van der Waals surface area contributed by atoms with Crippen LogP contribution in [0.15, 0.2) is 24.3 Å². The molecule has 6 nitrogen and oxygen atoms in total. The predicted octanol–water partition coefficient (Wildman–Crippen LogP) is 6.27. The number of hydrogen-bond acceptors (Lipinski definition) is 5. The third kappa shape index (κ3) is 4.91. The van der Waals surface area contributed by atoms with Gasteiger partial charge in [-0.05, 0) is 72.1 Å². The van der Waals surface area contributed by atoms with E-state index in [1.54, 1.807) is 0 Å². The normalized spacial score (nSPS) is 24.8. The van der Waals surface area contributed by atoms with Crippen molar-refractivity contribution in [1.82, 2.24) is 14.8 Å². The van der Waals surface area contributed by atoms with Gasteiger partial charge in [0.25, 0.3) is 0 Å². The van der Waals surface area contributed by atoms with Crippen molar-refractivity contribution in [2.45, 2.75) is 77.5 Å². The third-order valence-electron chi connectivity index (χ3n) is 9.01. The lowest BCUT2D eigenvalue weighted by Gasteiger charge is -2.41. The van der Waals surface area contributed by atoms with Crippen molar-refractivity contribution in [2.24, 2.45) is 11.3 Å². The number of carbonyl (C=O) groups excluding carboxylic acids is 1. The number of amides is 1. The molecule has 1 spiro atoms. The first-order chi connectivity index (χ1) is 18.7. The molecular weight excluding hydrogens is 534 g/mol. The van der Waals surface area contributed by atoms with Crippen LogP contribution in [0.4, 0.5) is 8.78 Å². The number of aromatic nitrogens is 1. The van der Waals surface area contributed by atoms with Crippen molar-refractivity contribution in [3.05, 3.63) is 63.4 Å². The summed E-state index contributed by atoms with van der Waals surface area (Å²) in [5.74, 6) is -2.09. The largest absolute Gasteiger partial charge is 0.359 e. The molecule has 1 aromatic heterocycles. The van der Waals surface area contributed by atoms with Crippen molar-refractivity contribution in [3.63, 3.8) is 0 Å². The van der Waals surface area contributed by atoms with Crippen LogP contribution in [0.3, 0.4) is 0 Å². The van der Waals surface area contributed by atoms with E-state index >= 15 is 0 Å². The van der Waals surface area contributed by atoms with Gasteiger partial charge in [0.05, 0.1) is 33.8 Å². The second-order valence-corrected chi connectivity index (χ2v) is 13.5. The van der Waals surface area contributed by atoms with Gasteiger partial charge >= 0.3 is 0 Å². The Hall–Kier alpha value is -2.60. The van der Waals surface area contributed by atoms with Crippen molar-refractivity contribution in [2.75, 3.05) is 26.2 Å². The molecule has 2 fully saturated rings. The topological polar surface area (TPSA) is 69.5 Å². The first-order valence-corrected chi connectivity index (χ1v) is 14.3. The minimum absolute atomic E-state index is 0.0253. The molecule has 0 radical (unpaired) electrons. The first kappa shape index (κ1) is 28.9. The molecule has 214 valence electrons. The molecule has 1 aromatic carbocycles. The van der Waals surface area contributed by atoms with E-state index in [0.29, 0.717) is 55.3 Å². The summed E-state index contributed by atoms with van der Waals surface area (Å²) in [6.45, 7) is 13.7. The van der Waals surface area contributed by atoms with E-state index in [4.69, 9.17) is 21.3 Å². The van der Waals surface area contributed by atoms with E-state index in [1.165, 1.54) is 12.1 Å². The molecule has 0 saturated carbocycles. The Morgan fingerprint density at radius 2 is 1.80 bits per heavy atom. The van der Waals surface area contributed by atoms with Gasteiger partial charge in [0.15, 0.2) is 0 Å². The molecule has 5 rings (SSSR count). The molecule has 4 heterocycles. The van der Waals surface area contributed by atoms with Crippen molar-refractivity contribution in [1.29, 1.82) is 5.26 Å². The number of halogens is 3. The van der Waals surface area contributed by atoms with E-state index in [9.17, 15) is 18.8 Å². The van der Waals surface area contributed by atoms with Crippen LogP contribution in [0.5, 0.6) is 0 Å². The highest BCUT2D eigenvalue weighted by Gasteiger charge is 2.54. The number of aryl methyl sites for hydroxylation is 1. The van der Waals surface area contributed by atoms with E-state index in [2.05, 4.69) is 31.7 Å². The molecule has 2 saturated heterocycles. The molecule has 40 heavy (non-hydrogen) atoms. The highest BCUT2D eigenvalue weighted by molar-refractivity contribution is 6.31. The number of pyridine rings is 1. The Kier molecular flexibility index (Phi) is 7.26. The summed E-state index contributed by atoms with van der Waals surface area (Å²) in [6, 6.07) is 7.88. The fourth-order valence-corrected chi connectivity index (χ4v) is 6.66. The zero-order chi connectivity index (χ0) is 29.2. The summed E-state index contributed by atoms with van der Waals surface area (Å²) in [6.07, 6.45) is 0.577. The monoisotopic (exact) mass is 570 g/mol. The van der Waals surface area contributed by atoms with Crippen LogP contribution in [0.1, 0.15) is 82.0 Å². The zero-order valence-corrected chi connectivity index (χ0v) is 24.8. The standard InChI is InChI=1S/C31H37ClF2N4O2/c1-18-24(32)14-21-26(36-18)31(40-27(21)30(5,6)17-35)9-11-37(12-10-31)28(39)23-16-38(29(2,3)4)15-22(23)20-8-7-19(33)13-25(20)34/h7-8,13-14,22-23,27H,9-12,15-16H2,1-6H3. The summed E-state index contributed by atoms with van der Waals surface area (Å²) >= 11 is 6.44. The second kappa shape index (κ2) is 10.0. The molecule has 0 bridgehead atoms. The summed E-state index contributed by atoms with van der Waals surface area (Å²) in [5.41, 5.74) is 1.02. The molecular formula is C31H37ClF2N4O2. The zero-order valence-electron chi connectivity index (χ0n) is 24.0. The molecule has 1 amide bonds. The van der Waals surface area contributed by atoms with Gasteiger partial charge in [0.2, 0.25) is 5.91 Å². The average molecular weight is 571 g/mol. The molecule has 9 heteroatoms. The number of rotatable bonds is 3. The number of likely N-dealkylation sites (tertiary alicyclic amines) is 2. The lowest BCUT2D eigenvalue weighted by atomic mass is 9.82. The third-order valence-corrected chi connectivity index (χ3v) is 9.40. The predicted molar refractivity (Wildman–Crippen MR) is 149 cm³/mol. The van der Waals surface area contributed by atoms with Crippen molar-refractivity contribution in [3.8, 4) is 6.07 Å². The Morgan fingerprint density at radius 1 is 1.12 bits per heavy atom. The molecule has 0 aliphatic carbocycles. The number of piperidine rings is 1. The average Bonchev–Trinajstić information content (AvgIpc) is 3.46. The molecule has 3 aliphatic rings. The van der Waals surface area contributed by atoms with Crippen LogP contribution in [0.25, 0.3) is 0 Å². The van der Waals surface area contributed by atoms with Crippen LogP contribution in [0.2, 0.25) is 5.02 Å². The van der Waals surface area contributed by atoms with Gasteiger partial charge in [-0.2, -0.15) is 5.26 Å². The maximum Gasteiger partial charge on any atom is 0.227 e. The van der Waals surface area contributed by atoms with Gasteiger partial charge in [-0.3, -0.25) is 14.7 Å². The molecule has 3 aliphatic heterocycles. The van der Waals surface area contributed by atoms with Gasteiger partial charge < -0.3 is 9.64 Å². The number of ether oxygens (including phenoxy) is 1. The number of nitrogens with zero attached hydrogens (tertiary/aromatic N) is 4. The Bertz CT molecular complexity index is 1370. The quantitative estimate of drug-likeness (QED) is 0.435. The number of hydrogen-bond donors (Lipinski definition) is 0. The van der Waals surface area contributed by atoms with E-state index < -0.39 is 34.7 Å². The fourth-order valence-electron chi connectivity index (χ4n) is 6.50. The van der Waals surface area contributed by atoms with E-state index in [0.717, 1.165) is 17.3 Å². The SMILES string of the molecule is Cc1nc2c(cc1Cl)C(C(C)(C)C#N)OC21CCN(C(=O)C2CN(C(C)(C)C)CC2c2ccc(F)cc2F)CC1. The first-order valence-electron chi connectivity index (χ1n) is 13.9. The number of nitriles is 1. The number of carbonyl (C=O) groups is 1. The Morgan fingerprint density at radius 3 is 2.40 bits per heavy atom. The smallest absolute Gasteiger partial charge is 0.227 e. The van der Waals surface area contributed by atoms with Crippen LogP contribution < -0.4 is 0 Å². The van der Waals surface area contributed by atoms with E-state index in [-0.39, 0.29) is 17.4 Å².